The van der Waals surface area contributed by atoms with Gasteiger partial charge >= 0.3 is 0 Å². The third-order valence-corrected chi connectivity index (χ3v) is 6.45. The highest BCUT2D eigenvalue weighted by molar-refractivity contribution is 5.65. The van der Waals surface area contributed by atoms with Crippen molar-refractivity contribution in [2.45, 2.75) is 44.4 Å². The van der Waals surface area contributed by atoms with E-state index in [2.05, 4.69) is 6.58 Å². The van der Waals surface area contributed by atoms with Gasteiger partial charge in [-0.25, -0.2) is 17.6 Å². The van der Waals surface area contributed by atoms with Crippen LogP contribution in [-0.4, -0.2) is 0 Å². The summed E-state index contributed by atoms with van der Waals surface area (Å²) >= 11 is 0. The van der Waals surface area contributed by atoms with Crippen LogP contribution in [-0.2, 0) is 6.42 Å². The maximum atomic E-state index is 14.9. The number of halogens is 4. The largest absolute Gasteiger partial charge is 0.207 e. The number of rotatable bonds is 6. The Morgan fingerprint density at radius 3 is 2.03 bits per heavy atom. The van der Waals surface area contributed by atoms with Gasteiger partial charge in [0.25, 0.3) is 0 Å². The number of benzene rings is 3. The van der Waals surface area contributed by atoms with Gasteiger partial charge in [0, 0.05) is 17.4 Å². The van der Waals surface area contributed by atoms with Gasteiger partial charge in [-0.2, -0.15) is 0 Å². The van der Waals surface area contributed by atoms with Crippen LogP contribution >= 0.6 is 0 Å². The van der Waals surface area contributed by atoms with E-state index in [9.17, 15) is 17.6 Å². The van der Waals surface area contributed by atoms with E-state index in [0.717, 1.165) is 18.4 Å². The summed E-state index contributed by atoms with van der Waals surface area (Å²) in [7, 11) is 0. The molecule has 3 aromatic rings. The molecule has 0 radical (unpaired) electrons. The molecule has 0 bridgehead atoms. The molecule has 1 aliphatic rings. The Balaban J connectivity index is 1.52. The molecule has 0 fully saturated rings. The number of hydrogen-bond acceptors (Lipinski definition) is 0. The van der Waals surface area contributed by atoms with E-state index in [-0.39, 0.29) is 28.8 Å². The topological polar surface area (TPSA) is 0 Å². The molecule has 0 saturated carbocycles. The second-order valence-electron chi connectivity index (χ2n) is 8.65. The molecule has 0 saturated heterocycles. The fourth-order valence-corrected chi connectivity index (χ4v) is 4.50. The first kappa shape index (κ1) is 23.0. The van der Waals surface area contributed by atoms with Gasteiger partial charge in [-0.15, -0.1) is 6.58 Å². The molecule has 1 aliphatic carbocycles. The zero-order valence-corrected chi connectivity index (χ0v) is 18.6. The Labute approximate surface area is 192 Å². The lowest BCUT2D eigenvalue weighted by molar-refractivity contribution is 0.505. The molecule has 33 heavy (non-hydrogen) atoms. The van der Waals surface area contributed by atoms with Crippen LogP contribution in [0.3, 0.4) is 0 Å². The number of allylic oxidation sites excluding steroid dienone is 3. The van der Waals surface area contributed by atoms with Gasteiger partial charge in [0.15, 0.2) is 11.6 Å². The van der Waals surface area contributed by atoms with Gasteiger partial charge in [0.2, 0.25) is 0 Å². The van der Waals surface area contributed by atoms with Gasteiger partial charge in [0.1, 0.15) is 11.6 Å². The minimum atomic E-state index is -0.972. The smallest absolute Gasteiger partial charge is 0.166 e. The lowest BCUT2D eigenvalue weighted by Crippen LogP contribution is -2.09. The first-order chi connectivity index (χ1) is 15.9. The van der Waals surface area contributed by atoms with E-state index in [1.54, 1.807) is 18.2 Å². The van der Waals surface area contributed by atoms with Crippen molar-refractivity contribution in [2.75, 3.05) is 0 Å². The molecule has 4 heteroatoms. The Hall–Kier alpha value is -3.14. The highest BCUT2D eigenvalue weighted by Gasteiger charge is 2.23. The fraction of sp³-hybridized carbons (Fsp3) is 0.241. The molecule has 2 unspecified atom stereocenters. The monoisotopic (exact) mass is 450 g/mol. The lowest BCUT2D eigenvalue weighted by Gasteiger charge is -2.24. The quantitative estimate of drug-likeness (QED) is 0.261. The van der Waals surface area contributed by atoms with E-state index in [1.807, 2.05) is 30.4 Å². The molecule has 2 atom stereocenters. The van der Waals surface area contributed by atoms with Crippen molar-refractivity contribution in [1.82, 2.24) is 0 Å². The summed E-state index contributed by atoms with van der Waals surface area (Å²) in [6.45, 7) is 5.18. The summed E-state index contributed by atoms with van der Waals surface area (Å²) < 4.78 is 57.8. The second-order valence-corrected chi connectivity index (χ2v) is 8.65. The third kappa shape index (κ3) is 4.80. The Morgan fingerprint density at radius 2 is 1.45 bits per heavy atom. The van der Waals surface area contributed by atoms with Crippen molar-refractivity contribution in [3.8, 4) is 11.1 Å². The summed E-state index contributed by atoms with van der Waals surface area (Å²) in [5.41, 5.74) is 2.64. The standard InChI is InChI=1S/C29H26F4/c1-3-4-5-19-7-14-23(26(30)16-19)20-8-10-21(11-9-20)24-15-12-22(17-27(24)31)25-13-6-18(2)28(32)29(25)33/h3,6-8,10,12-17,20-21H,1,4-5,9,11H2,2H3. The average molecular weight is 451 g/mol. The van der Waals surface area contributed by atoms with Crippen molar-refractivity contribution in [3.63, 3.8) is 0 Å². The summed E-state index contributed by atoms with van der Waals surface area (Å²) in [5, 5.41) is 0. The van der Waals surface area contributed by atoms with Crippen molar-refractivity contribution in [1.29, 1.82) is 0 Å². The Kier molecular flexibility index (Phi) is 6.83. The van der Waals surface area contributed by atoms with E-state index < -0.39 is 17.5 Å². The van der Waals surface area contributed by atoms with E-state index in [1.165, 1.54) is 25.1 Å². The van der Waals surface area contributed by atoms with Crippen LogP contribution in [0.15, 0.2) is 73.3 Å². The molecular weight excluding hydrogens is 424 g/mol. The van der Waals surface area contributed by atoms with Crippen molar-refractivity contribution in [2.24, 2.45) is 0 Å². The lowest BCUT2D eigenvalue weighted by atomic mass is 9.80. The number of hydrogen-bond donors (Lipinski definition) is 0. The molecule has 3 aromatic carbocycles. The summed E-state index contributed by atoms with van der Waals surface area (Å²) in [5.74, 6) is -2.77. The van der Waals surface area contributed by atoms with Crippen LogP contribution in [0.2, 0.25) is 0 Å². The molecule has 0 aliphatic heterocycles. The summed E-state index contributed by atoms with van der Waals surface area (Å²) in [4.78, 5) is 0. The van der Waals surface area contributed by atoms with Crippen LogP contribution in [0.5, 0.6) is 0 Å². The fourth-order valence-electron chi connectivity index (χ4n) is 4.50. The molecule has 4 rings (SSSR count). The van der Waals surface area contributed by atoms with E-state index in [4.69, 9.17) is 0 Å². The van der Waals surface area contributed by atoms with Crippen LogP contribution < -0.4 is 0 Å². The zero-order chi connectivity index (χ0) is 23.5. The van der Waals surface area contributed by atoms with Gasteiger partial charge < -0.3 is 0 Å². The molecule has 0 heterocycles. The molecule has 0 spiro atoms. The highest BCUT2D eigenvalue weighted by Crippen LogP contribution is 2.38. The number of aryl methyl sites for hydroxylation is 2. The van der Waals surface area contributed by atoms with Gasteiger partial charge in [0.05, 0.1) is 0 Å². The molecule has 0 aromatic heterocycles. The maximum Gasteiger partial charge on any atom is 0.166 e. The highest BCUT2D eigenvalue weighted by atomic mass is 19.2. The minimum Gasteiger partial charge on any atom is -0.207 e. The molecule has 0 N–H and O–H groups in total. The van der Waals surface area contributed by atoms with Gasteiger partial charge in [-0.1, -0.05) is 54.6 Å². The van der Waals surface area contributed by atoms with Crippen LogP contribution in [0.25, 0.3) is 11.1 Å². The second kappa shape index (κ2) is 9.78. The zero-order valence-electron chi connectivity index (χ0n) is 18.6. The Bertz CT molecular complexity index is 1210. The van der Waals surface area contributed by atoms with Crippen molar-refractivity contribution in [3.05, 3.63) is 119 Å². The van der Waals surface area contributed by atoms with E-state index in [0.29, 0.717) is 29.5 Å². The van der Waals surface area contributed by atoms with Crippen molar-refractivity contribution >= 4 is 0 Å². The molecule has 170 valence electrons. The predicted molar refractivity (Wildman–Crippen MR) is 125 cm³/mol. The molecule has 0 nitrogen and oxygen atoms in total. The first-order valence-corrected chi connectivity index (χ1v) is 11.2. The molecule has 0 amide bonds. The van der Waals surface area contributed by atoms with Crippen LogP contribution in [0, 0.1) is 30.2 Å². The minimum absolute atomic E-state index is 0.0369. The Morgan fingerprint density at radius 1 is 0.818 bits per heavy atom. The normalized spacial score (nSPS) is 17.8. The van der Waals surface area contributed by atoms with E-state index >= 15 is 0 Å². The maximum absolute atomic E-state index is 14.9. The first-order valence-electron chi connectivity index (χ1n) is 11.2. The third-order valence-electron chi connectivity index (χ3n) is 6.45. The SMILES string of the molecule is C=CCCc1ccc(C2C=CC(c3ccc(-c4ccc(C)c(F)c4F)cc3F)CC2)c(F)c1. The predicted octanol–water partition coefficient (Wildman–Crippen LogP) is 8.55. The van der Waals surface area contributed by atoms with Gasteiger partial charge in [-0.05, 0) is 72.6 Å². The molecular formula is C29H26F4. The average Bonchev–Trinajstić information content (AvgIpc) is 2.81. The summed E-state index contributed by atoms with van der Waals surface area (Å²) in [6, 6.07) is 12.8. The summed E-state index contributed by atoms with van der Waals surface area (Å²) in [6.07, 6.45) is 8.61. The van der Waals surface area contributed by atoms with Crippen LogP contribution in [0.4, 0.5) is 17.6 Å². The van der Waals surface area contributed by atoms with Crippen molar-refractivity contribution < 1.29 is 17.6 Å². The van der Waals surface area contributed by atoms with Gasteiger partial charge in [-0.3, -0.25) is 0 Å². The van der Waals surface area contributed by atoms with Crippen LogP contribution in [0.1, 0.15) is 53.4 Å².